The molecular weight excluding hydrogens is 146 g/mol. The van der Waals surface area contributed by atoms with Gasteiger partial charge in [0, 0.05) is 11.6 Å². The van der Waals surface area contributed by atoms with E-state index in [9.17, 15) is 0 Å². The van der Waals surface area contributed by atoms with E-state index < -0.39 is 0 Å². The molecule has 1 fully saturated rings. The lowest BCUT2D eigenvalue weighted by Crippen LogP contribution is -1.97. The number of hydrogen-bond acceptors (Lipinski definition) is 1. The van der Waals surface area contributed by atoms with Gasteiger partial charge in [-0.05, 0) is 30.9 Å². The molecule has 0 aromatic heterocycles. The van der Waals surface area contributed by atoms with E-state index in [0.29, 0.717) is 5.92 Å². The van der Waals surface area contributed by atoms with Crippen LogP contribution in [0.4, 0.5) is 5.69 Å². The van der Waals surface area contributed by atoms with Gasteiger partial charge in [0.25, 0.3) is 0 Å². The SMILES string of the molecule is c1ccc2c(c1)N=C1CCCC12. The van der Waals surface area contributed by atoms with Gasteiger partial charge >= 0.3 is 0 Å². The fraction of sp³-hybridized carbons (Fsp3) is 0.364. The van der Waals surface area contributed by atoms with Crippen molar-refractivity contribution in [1.82, 2.24) is 0 Å². The summed E-state index contributed by atoms with van der Waals surface area (Å²) in [5.41, 5.74) is 4.11. The summed E-state index contributed by atoms with van der Waals surface area (Å²) < 4.78 is 0. The van der Waals surface area contributed by atoms with Gasteiger partial charge in [-0.15, -0.1) is 0 Å². The molecule has 1 aliphatic carbocycles. The van der Waals surface area contributed by atoms with Crippen LogP contribution in [0.2, 0.25) is 0 Å². The largest absolute Gasteiger partial charge is 0.257 e. The number of para-hydroxylation sites is 1. The minimum absolute atomic E-state index is 0.682. The molecule has 1 heterocycles. The predicted octanol–water partition coefficient (Wildman–Crippen LogP) is 3.04. The van der Waals surface area contributed by atoms with Crippen molar-refractivity contribution in [2.75, 3.05) is 0 Å². The first-order valence-corrected chi connectivity index (χ1v) is 4.61. The van der Waals surface area contributed by atoms with Gasteiger partial charge in [-0.3, -0.25) is 4.99 Å². The van der Waals surface area contributed by atoms with Gasteiger partial charge in [-0.1, -0.05) is 18.2 Å². The normalized spacial score (nSPS) is 25.0. The lowest BCUT2D eigenvalue weighted by atomic mass is 9.98. The predicted molar refractivity (Wildman–Crippen MR) is 50.1 cm³/mol. The number of rotatable bonds is 0. The van der Waals surface area contributed by atoms with Crippen LogP contribution < -0.4 is 0 Å². The zero-order chi connectivity index (χ0) is 7.97. The molecule has 1 nitrogen and oxygen atoms in total. The first kappa shape index (κ1) is 6.41. The summed E-state index contributed by atoms with van der Waals surface area (Å²) in [7, 11) is 0. The third-order valence-electron chi connectivity index (χ3n) is 2.90. The summed E-state index contributed by atoms with van der Waals surface area (Å²) in [4.78, 5) is 4.63. The topological polar surface area (TPSA) is 12.4 Å². The standard InChI is InChI=1S/C11H11N/c1-2-6-10-8(4-1)9-5-3-7-11(9)12-10/h1-2,4,6,9H,3,5,7H2. The molecule has 0 amide bonds. The Hall–Kier alpha value is -1.11. The van der Waals surface area contributed by atoms with Crippen molar-refractivity contribution in [2.45, 2.75) is 25.2 Å². The molecule has 1 aromatic rings. The summed E-state index contributed by atoms with van der Waals surface area (Å²) in [5.74, 6) is 0.682. The molecule has 1 unspecified atom stereocenters. The quantitative estimate of drug-likeness (QED) is 0.549. The highest BCUT2D eigenvalue weighted by Gasteiger charge is 2.30. The van der Waals surface area contributed by atoms with E-state index in [1.54, 1.807) is 0 Å². The zero-order valence-electron chi connectivity index (χ0n) is 6.96. The molecule has 0 radical (unpaired) electrons. The van der Waals surface area contributed by atoms with E-state index in [-0.39, 0.29) is 0 Å². The van der Waals surface area contributed by atoms with Gasteiger partial charge in [-0.25, -0.2) is 0 Å². The molecule has 3 rings (SSSR count). The van der Waals surface area contributed by atoms with Crippen molar-refractivity contribution in [3.8, 4) is 0 Å². The Morgan fingerprint density at radius 2 is 2.17 bits per heavy atom. The number of nitrogens with zero attached hydrogens (tertiary/aromatic N) is 1. The monoisotopic (exact) mass is 157 g/mol. The minimum atomic E-state index is 0.682. The van der Waals surface area contributed by atoms with Crippen LogP contribution in [-0.4, -0.2) is 5.71 Å². The Morgan fingerprint density at radius 1 is 1.25 bits per heavy atom. The summed E-state index contributed by atoms with van der Waals surface area (Å²) in [6, 6.07) is 8.54. The van der Waals surface area contributed by atoms with Gasteiger partial charge in [0.05, 0.1) is 5.69 Å². The van der Waals surface area contributed by atoms with Crippen molar-refractivity contribution in [3.05, 3.63) is 29.8 Å². The van der Waals surface area contributed by atoms with Crippen molar-refractivity contribution in [3.63, 3.8) is 0 Å². The first-order chi connectivity index (χ1) is 5.95. The van der Waals surface area contributed by atoms with Crippen LogP contribution in [0.1, 0.15) is 30.7 Å². The maximum atomic E-state index is 4.63. The Kier molecular flexibility index (Phi) is 1.17. The zero-order valence-corrected chi connectivity index (χ0v) is 6.96. The molecule has 2 aliphatic rings. The molecule has 1 aliphatic heterocycles. The lowest BCUT2D eigenvalue weighted by Gasteiger charge is -2.03. The molecular formula is C11H11N. The van der Waals surface area contributed by atoms with E-state index in [1.165, 1.54) is 36.2 Å². The number of hydrogen-bond donors (Lipinski definition) is 0. The highest BCUT2D eigenvalue weighted by molar-refractivity contribution is 5.99. The molecule has 1 saturated carbocycles. The van der Waals surface area contributed by atoms with Gasteiger partial charge in [0.1, 0.15) is 0 Å². The van der Waals surface area contributed by atoms with Crippen molar-refractivity contribution in [1.29, 1.82) is 0 Å². The molecule has 1 aromatic carbocycles. The third kappa shape index (κ3) is 0.711. The third-order valence-corrected chi connectivity index (χ3v) is 2.90. The molecule has 1 atom stereocenters. The number of aliphatic imine (C=N–C) groups is 1. The minimum Gasteiger partial charge on any atom is -0.257 e. The van der Waals surface area contributed by atoms with Crippen molar-refractivity contribution >= 4 is 11.4 Å². The van der Waals surface area contributed by atoms with E-state index >= 15 is 0 Å². The van der Waals surface area contributed by atoms with E-state index in [4.69, 9.17) is 0 Å². The molecule has 12 heavy (non-hydrogen) atoms. The number of fused-ring (bicyclic) bond motifs is 3. The first-order valence-electron chi connectivity index (χ1n) is 4.61. The van der Waals surface area contributed by atoms with Crippen molar-refractivity contribution < 1.29 is 0 Å². The highest BCUT2D eigenvalue weighted by Crippen LogP contribution is 2.43. The molecule has 1 heteroatoms. The Bertz CT molecular complexity index is 352. The fourth-order valence-corrected chi connectivity index (χ4v) is 2.34. The summed E-state index contributed by atoms with van der Waals surface area (Å²) in [6.45, 7) is 0. The van der Waals surface area contributed by atoms with Gasteiger partial charge in [0.2, 0.25) is 0 Å². The van der Waals surface area contributed by atoms with Crippen LogP contribution in [0.5, 0.6) is 0 Å². The van der Waals surface area contributed by atoms with Gasteiger partial charge in [0.15, 0.2) is 0 Å². The van der Waals surface area contributed by atoms with Crippen LogP contribution in [0.3, 0.4) is 0 Å². The second-order valence-corrected chi connectivity index (χ2v) is 3.61. The Balaban J connectivity index is 2.18. The Morgan fingerprint density at radius 3 is 3.17 bits per heavy atom. The van der Waals surface area contributed by atoms with Crippen LogP contribution in [-0.2, 0) is 0 Å². The van der Waals surface area contributed by atoms with E-state index in [2.05, 4.69) is 29.3 Å². The second kappa shape index (κ2) is 2.19. The van der Waals surface area contributed by atoms with Crippen molar-refractivity contribution in [2.24, 2.45) is 4.99 Å². The van der Waals surface area contributed by atoms with E-state index in [0.717, 1.165) is 0 Å². The maximum absolute atomic E-state index is 4.63. The fourth-order valence-electron chi connectivity index (χ4n) is 2.34. The average Bonchev–Trinajstić information content (AvgIpc) is 2.62. The molecule has 0 N–H and O–H groups in total. The van der Waals surface area contributed by atoms with Crippen LogP contribution in [0.15, 0.2) is 29.3 Å². The van der Waals surface area contributed by atoms with Crippen LogP contribution in [0.25, 0.3) is 0 Å². The molecule has 0 bridgehead atoms. The van der Waals surface area contributed by atoms with Gasteiger partial charge in [-0.2, -0.15) is 0 Å². The molecule has 0 saturated heterocycles. The second-order valence-electron chi connectivity index (χ2n) is 3.61. The summed E-state index contributed by atoms with van der Waals surface area (Å²) in [5, 5.41) is 0. The van der Waals surface area contributed by atoms with Crippen LogP contribution >= 0.6 is 0 Å². The summed E-state index contributed by atoms with van der Waals surface area (Å²) >= 11 is 0. The average molecular weight is 157 g/mol. The molecule has 60 valence electrons. The van der Waals surface area contributed by atoms with Gasteiger partial charge < -0.3 is 0 Å². The van der Waals surface area contributed by atoms with E-state index in [1.807, 2.05) is 0 Å². The maximum Gasteiger partial charge on any atom is 0.0667 e. The smallest absolute Gasteiger partial charge is 0.0667 e. The lowest BCUT2D eigenvalue weighted by molar-refractivity contribution is 0.811. The Labute approximate surface area is 72.1 Å². The highest BCUT2D eigenvalue weighted by atomic mass is 14.8. The molecule has 0 spiro atoms. The van der Waals surface area contributed by atoms with Crippen LogP contribution in [0, 0.1) is 0 Å². The summed E-state index contributed by atoms with van der Waals surface area (Å²) in [6.07, 6.45) is 3.87. The number of benzene rings is 1.